The van der Waals surface area contributed by atoms with Crippen LogP contribution in [0.2, 0.25) is 0 Å². The second kappa shape index (κ2) is 52.8. The van der Waals surface area contributed by atoms with Crippen molar-refractivity contribution >= 4 is 222 Å². The summed E-state index contributed by atoms with van der Waals surface area (Å²) in [4.78, 5) is 115. The minimum atomic E-state index is 0.121. The molecule has 55 heteroatoms. The molecule has 696 valence electrons. The molecule has 1 aliphatic rings. The van der Waals surface area contributed by atoms with Crippen LogP contribution < -0.4 is 129 Å². The Bertz CT molecular complexity index is 5740. The van der Waals surface area contributed by atoms with Crippen molar-refractivity contribution < 1.29 is 0 Å². The van der Waals surface area contributed by atoms with Gasteiger partial charge < -0.3 is 129 Å². The van der Waals surface area contributed by atoms with Gasteiger partial charge in [-0.2, -0.15) is 120 Å². The van der Waals surface area contributed by atoms with Crippen molar-refractivity contribution in [2.45, 2.75) is 52.2 Å². The van der Waals surface area contributed by atoms with Gasteiger partial charge >= 0.3 is 0 Å². The maximum Gasteiger partial charge on any atom is 0.232 e. The van der Waals surface area contributed by atoms with Crippen molar-refractivity contribution in [3.05, 3.63) is 181 Å². The molecule has 28 N–H and O–H groups in total. The Labute approximate surface area is 789 Å². The van der Waals surface area contributed by atoms with E-state index in [1.54, 1.807) is 112 Å². The molecule has 0 amide bonds. The molecule has 15 aromatic heterocycles. The monoisotopic (exact) mass is 1930 g/mol. The van der Waals surface area contributed by atoms with Crippen molar-refractivity contribution in [2.75, 3.05) is 220 Å². The quantitative estimate of drug-likeness (QED) is 0.0193. The molecule has 0 aromatic carbocycles. The van der Waals surface area contributed by atoms with E-state index >= 15 is 0 Å². The van der Waals surface area contributed by atoms with E-state index in [9.17, 15) is 0 Å². The first kappa shape index (κ1) is 100. The van der Waals surface area contributed by atoms with Crippen LogP contribution in [0, 0.1) is 0 Å². The molecule has 1 aliphatic carbocycles. The van der Waals surface area contributed by atoms with Crippen LogP contribution in [0.5, 0.6) is 0 Å². The predicted octanol–water partition coefficient (Wildman–Crippen LogP) is 8.64. The van der Waals surface area contributed by atoms with Crippen LogP contribution in [0.25, 0.3) is 0 Å². The lowest BCUT2D eigenvalue weighted by Crippen LogP contribution is -2.20. The first-order chi connectivity index (χ1) is 63.6. The van der Waals surface area contributed by atoms with Crippen LogP contribution in [-0.4, -0.2) is 211 Å². The highest BCUT2D eigenvalue weighted by atomic mass is 32.1. The molecule has 0 bridgehead atoms. The van der Waals surface area contributed by atoms with E-state index in [1.165, 1.54) is 39.7 Å². The summed E-state index contributed by atoms with van der Waals surface area (Å²) in [7, 11) is 22.2. The maximum atomic E-state index is 5.62. The fourth-order valence-corrected chi connectivity index (χ4v) is 14.8. The number of hydrogen-bond donors (Lipinski definition) is 19. The molecule has 15 aromatic rings. The van der Waals surface area contributed by atoms with Gasteiger partial charge in [0.05, 0.1) is 45.8 Å². The van der Waals surface area contributed by atoms with Gasteiger partial charge in [-0.3, -0.25) is 0 Å². The lowest BCUT2D eigenvalue weighted by atomic mass is 10.3. The third-order valence-electron chi connectivity index (χ3n) is 16.2. The molecule has 0 aliphatic heterocycles. The Hall–Kier alpha value is -15.3. The number of aromatic nitrogens is 24. The molecule has 0 atom stereocenters. The molecular weight excluding hydrogens is 1820 g/mol. The highest BCUT2D eigenvalue weighted by molar-refractivity contribution is 7.11. The van der Waals surface area contributed by atoms with Crippen molar-refractivity contribution in [3.8, 4) is 0 Å². The van der Waals surface area contributed by atoms with Gasteiger partial charge in [0.2, 0.25) is 143 Å². The minimum Gasteiger partial charge on any atom is -0.368 e. The van der Waals surface area contributed by atoms with Crippen LogP contribution in [0.4, 0.5) is 143 Å². The summed E-state index contributed by atoms with van der Waals surface area (Å²) in [5.74, 6) is 9.24. The topological polar surface area (TPSA) is 680 Å². The van der Waals surface area contributed by atoms with Crippen molar-refractivity contribution in [3.63, 3.8) is 0 Å². The number of rotatable bonds is 31. The zero-order chi connectivity index (χ0) is 94.7. The van der Waals surface area contributed by atoms with Crippen molar-refractivity contribution in [2.24, 2.45) is 0 Å². The smallest absolute Gasteiger partial charge is 0.232 e. The highest BCUT2D eigenvalue weighted by Gasteiger charge is 2.16. The normalized spacial score (nSPS) is 10.6. The number of nitrogens with one attached hydrogen (secondary N) is 10. The average molecular weight is 1930 g/mol. The van der Waals surface area contributed by atoms with Crippen LogP contribution in [0.3, 0.4) is 0 Å². The summed E-state index contributed by atoms with van der Waals surface area (Å²) < 4.78 is 0. The second-order valence-electron chi connectivity index (χ2n) is 27.1. The molecule has 0 unspecified atom stereocenters. The fraction of sp³-hybridized carbons (Fsp3) is 0.273. The van der Waals surface area contributed by atoms with Gasteiger partial charge in [0, 0.05) is 125 Å². The molecule has 0 spiro atoms. The second-order valence-corrected chi connectivity index (χ2v) is 34.4. The van der Waals surface area contributed by atoms with Gasteiger partial charge in [0.25, 0.3) is 0 Å². The SMILES string of the molecule is CN(C)c1nc(N)nc(NCc2cccs2)n1.CN(C)c1nc(NCc2cccs2)nc(N(C)C)n1.CN(Cc1cccs1)c1nc(N)nc(N)n1.CNc1nc(N)nc(N(C)Cc2cccs2)n1.CNc1nc(N)nc(NCc2cccs2)n1.CNc1nc(NC)nc(NCc2cccs2)n1.Nc1nc(N)nc(NCC2=CCC=C2)n1.Nc1nc(N)nc(NCc2cccs2)n1. The molecule has 0 fully saturated rings. The molecule has 0 saturated carbocycles. The maximum absolute atomic E-state index is 5.62. The molecule has 0 radical (unpaired) electrons. The summed E-state index contributed by atoms with van der Waals surface area (Å²) in [6, 6.07) is 28.5. The summed E-state index contributed by atoms with van der Waals surface area (Å²) in [5, 5.41) is 44.4. The first-order valence-corrected chi connectivity index (χ1v) is 45.8. The Morgan fingerprint density at radius 2 is 0.470 bits per heavy atom. The van der Waals surface area contributed by atoms with Crippen molar-refractivity contribution in [1.82, 2.24) is 120 Å². The fourth-order valence-electron chi connectivity index (χ4n) is 10.1. The summed E-state index contributed by atoms with van der Waals surface area (Å²) in [6.07, 6.45) is 7.26. The Balaban J connectivity index is 0.000000170. The Morgan fingerprint density at radius 1 is 0.250 bits per heavy atom. The molecule has 48 nitrogen and oxygen atoms in total. The third kappa shape index (κ3) is 36.1. The lowest BCUT2D eigenvalue weighted by molar-refractivity contribution is 0.868. The number of thiophene rings is 7. The largest absolute Gasteiger partial charge is 0.368 e. The first-order valence-electron chi connectivity index (χ1n) is 39.6. The van der Waals surface area contributed by atoms with Crippen molar-refractivity contribution in [1.29, 1.82) is 0 Å². The summed E-state index contributed by atoms with van der Waals surface area (Å²) in [6.45, 7) is 5.61. The van der Waals surface area contributed by atoms with Gasteiger partial charge in [-0.1, -0.05) is 60.7 Å². The van der Waals surface area contributed by atoms with Gasteiger partial charge in [-0.05, 0) is 92.1 Å². The molecule has 0 saturated heterocycles. The zero-order valence-electron chi connectivity index (χ0n) is 74.2. The van der Waals surface area contributed by atoms with Gasteiger partial charge in [0.15, 0.2) is 0 Å². The lowest BCUT2D eigenvalue weighted by Gasteiger charge is -2.16. The number of nitrogens with two attached hydrogens (primary N) is 9. The van der Waals surface area contributed by atoms with Gasteiger partial charge in [0.1, 0.15) is 0 Å². The third-order valence-corrected chi connectivity index (χ3v) is 22.3. The highest BCUT2D eigenvalue weighted by Crippen LogP contribution is 2.23. The van der Waals surface area contributed by atoms with E-state index in [-0.39, 0.29) is 53.5 Å². The molecule has 132 heavy (non-hydrogen) atoms. The zero-order valence-corrected chi connectivity index (χ0v) is 80.0. The van der Waals surface area contributed by atoms with Crippen LogP contribution in [0.15, 0.2) is 146 Å². The average Bonchev–Trinajstić information content (AvgIpc) is 1.02. The minimum absolute atomic E-state index is 0.121. The van der Waals surface area contributed by atoms with E-state index in [0.29, 0.717) is 122 Å². The Kier molecular flexibility index (Phi) is 40.2. The molecular formula is C77H106N48S7. The molecule has 15 heterocycles. The van der Waals surface area contributed by atoms with E-state index < -0.39 is 0 Å². The van der Waals surface area contributed by atoms with E-state index in [0.717, 1.165) is 26.1 Å². The van der Waals surface area contributed by atoms with Crippen LogP contribution in [-0.2, 0) is 45.8 Å². The summed E-state index contributed by atoms with van der Waals surface area (Å²) >= 11 is 11.8. The van der Waals surface area contributed by atoms with Gasteiger partial charge in [-0.25, -0.2) is 0 Å². The molecule has 16 rings (SSSR count). The number of anilines is 24. The summed E-state index contributed by atoms with van der Waals surface area (Å²) in [5.41, 5.74) is 50.7. The van der Waals surface area contributed by atoms with E-state index in [4.69, 9.17) is 51.6 Å². The van der Waals surface area contributed by atoms with Gasteiger partial charge in [-0.15, -0.1) is 79.4 Å². The van der Waals surface area contributed by atoms with E-state index in [1.807, 2.05) is 163 Å². The Morgan fingerprint density at radius 3 is 0.773 bits per heavy atom. The standard InChI is InChI=1S/C12H18N6S.3C10H14N6S.2C9H12N6S.C9H12N6.C8H10N6S/c1-17(2)11-14-10(15-12(16-11)18(3)4)13-8-9-6-5-7-19-9;1-16(2)10-14-8(11)13-9(15-10)12-6-7-4-3-5-17-7;1-12-9-13-8(11)14-10(15-9)16(2)6-7-4-3-5-17-7;1-11-8-14-9(12-2)16-10(15-8)13-6-7-4-3-5-17-7;1-15(5-6-3-2-4-16-6)9-13-7(10)12-8(11)14-9;1-11-8-13-7(10)14-9(15-8)12-5-6-3-2-4-16-6;10-7-13-8(11)15-9(14-7)12-5-6-3-1-2-4-6;9-6-12-7(10)14-8(13-6)11-4-5-2-1-3-15-5/h5-7H,8H2,1-4H3,(H,13,14,15,16);2*3-5H,6H2,1-2H3,(H3,11,12,13,14,15);3-5H,6H2,1-2H3,(H3,11,12,13,14,15,16);2-4H,5H2,1H3,(H4,10,11,12,13,14);2-4H,5H2,1H3,(H4,10,11,12,13,14,15);1,3-4H,2,5H2,(H5,10,11,12,13,14,15);1-3H,4H2,(H5,9,10,11,12,13,14). The predicted molar refractivity (Wildman–Crippen MR) is 541 cm³/mol. The van der Waals surface area contributed by atoms with E-state index in [2.05, 4.69) is 227 Å². The number of nitrogen functional groups attached to an aromatic ring is 9. The number of allylic oxidation sites excluding steroid dienone is 2. The van der Waals surface area contributed by atoms with Crippen LogP contribution >= 0.6 is 79.4 Å². The van der Waals surface area contributed by atoms with Crippen LogP contribution in [0.1, 0.15) is 40.6 Å². The number of hydrogen-bond acceptors (Lipinski definition) is 55. The number of nitrogens with zero attached hydrogens (tertiary/aromatic N) is 29.